The molecule has 2 aromatic carbocycles. The maximum atomic E-state index is 13.3. The fourth-order valence-corrected chi connectivity index (χ4v) is 3.70. The van der Waals surface area contributed by atoms with Crippen LogP contribution in [0.4, 0.5) is 5.69 Å². The third-order valence-corrected chi connectivity index (χ3v) is 5.09. The van der Waals surface area contributed by atoms with E-state index in [1.54, 1.807) is 0 Å². The van der Waals surface area contributed by atoms with E-state index in [2.05, 4.69) is 31.3 Å². The lowest BCUT2D eigenvalue weighted by Gasteiger charge is -2.48. The maximum Gasteiger partial charge on any atom is 0.258 e. The number of rotatable bonds is 7. The van der Waals surface area contributed by atoms with Gasteiger partial charge in [0.1, 0.15) is 11.4 Å². The van der Waals surface area contributed by atoms with E-state index >= 15 is 0 Å². The highest BCUT2D eigenvalue weighted by Gasteiger charge is 2.44. The van der Waals surface area contributed by atoms with E-state index in [9.17, 15) is 4.79 Å². The number of nitrogens with one attached hydrogen (secondary N) is 1. The molecule has 1 N–H and O–H groups in total. The Balaban J connectivity index is 2.07. The van der Waals surface area contributed by atoms with Crippen molar-refractivity contribution in [2.75, 3.05) is 18.5 Å². The van der Waals surface area contributed by atoms with Crippen LogP contribution in [0.5, 0.6) is 5.75 Å². The average molecular weight is 352 g/mol. The summed E-state index contributed by atoms with van der Waals surface area (Å²) in [4.78, 5) is 15.3. The van der Waals surface area contributed by atoms with Gasteiger partial charge in [0.2, 0.25) is 0 Å². The van der Waals surface area contributed by atoms with Crippen LogP contribution in [0.1, 0.15) is 56.0 Å². The number of benzene rings is 2. The zero-order valence-electron chi connectivity index (χ0n) is 15.9. The topological polar surface area (TPSA) is 41.6 Å². The largest absolute Gasteiger partial charge is 0.494 e. The Bertz CT molecular complexity index is 757. The van der Waals surface area contributed by atoms with Crippen molar-refractivity contribution in [1.82, 2.24) is 4.90 Å². The van der Waals surface area contributed by atoms with Crippen LogP contribution in [0.15, 0.2) is 48.5 Å². The number of amides is 1. The fraction of sp³-hybridized carbons (Fsp3) is 0.409. The first-order chi connectivity index (χ1) is 12.7. The Labute approximate surface area is 156 Å². The molecule has 0 aromatic heterocycles. The molecule has 1 aliphatic rings. The lowest BCUT2D eigenvalue weighted by atomic mass is 9.89. The maximum absolute atomic E-state index is 13.3. The van der Waals surface area contributed by atoms with Crippen molar-refractivity contribution in [2.24, 2.45) is 0 Å². The molecule has 4 nitrogen and oxygen atoms in total. The van der Waals surface area contributed by atoms with Crippen molar-refractivity contribution in [1.29, 1.82) is 0 Å². The summed E-state index contributed by atoms with van der Waals surface area (Å²) in [5, 5.41) is 3.68. The Morgan fingerprint density at radius 2 is 1.77 bits per heavy atom. The lowest BCUT2D eigenvalue weighted by Crippen LogP contribution is -2.57. The van der Waals surface area contributed by atoms with Crippen LogP contribution in [0.25, 0.3) is 0 Å². The minimum absolute atomic E-state index is 0.100. The normalized spacial score (nSPS) is 19.0. The Kier molecular flexibility index (Phi) is 5.50. The molecule has 0 saturated heterocycles. The fourth-order valence-electron chi connectivity index (χ4n) is 3.70. The summed E-state index contributed by atoms with van der Waals surface area (Å²) in [7, 11) is 0. The molecule has 1 atom stereocenters. The predicted octanol–water partition coefficient (Wildman–Crippen LogP) is 5.02. The van der Waals surface area contributed by atoms with Crippen molar-refractivity contribution in [3.8, 4) is 5.75 Å². The van der Waals surface area contributed by atoms with Crippen molar-refractivity contribution in [3.05, 3.63) is 59.7 Å². The zero-order valence-corrected chi connectivity index (χ0v) is 15.9. The van der Waals surface area contributed by atoms with Crippen molar-refractivity contribution in [3.63, 3.8) is 0 Å². The summed E-state index contributed by atoms with van der Waals surface area (Å²) in [6.07, 6.45) is 2.81. The molecule has 0 fully saturated rings. The van der Waals surface area contributed by atoms with E-state index < -0.39 is 5.66 Å². The van der Waals surface area contributed by atoms with Crippen LogP contribution >= 0.6 is 0 Å². The number of para-hydroxylation sites is 1. The molecule has 138 valence electrons. The van der Waals surface area contributed by atoms with Crippen LogP contribution in [-0.4, -0.2) is 24.0 Å². The van der Waals surface area contributed by atoms with E-state index in [0.717, 1.165) is 48.4 Å². The van der Waals surface area contributed by atoms with Crippen LogP contribution < -0.4 is 10.1 Å². The van der Waals surface area contributed by atoms with Gasteiger partial charge in [-0.1, -0.05) is 44.5 Å². The Morgan fingerprint density at radius 1 is 1.04 bits per heavy atom. The molecule has 1 heterocycles. The van der Waals surface area contributed by atoms with E-state index in [0.29, 0.717) is 6.61 Å². The first-order valence-electron chi connectivity index (χ1n) is 9.58. The molecule has 0 radical (unpaired) electrons. The van der Waals surface area contributed by atoms with Gasteiger partial charge in [0.25, 0.3) is 5.91 Å². The van der Waals surface area contributed by atoms with Gasteiger partial charge in [-0.05, 0) is 49.6 Å². The molecular weight excluding hydrogens is 324 g/mol. The SMILES string of the molecule is CCCCN1C(=O)c2ccccc2NC1(CC)c1ccc(OCC)cc1. The van der Waals surface area contributed by atoms with E-state index in [-0.39, 0.29) is 5.91 Å². The van der Waals surface area contributed by atoms with Gasteiger partial charge < -0.3 is 15.0 Å². The Morgan fingerprint density at radius 3 is 2.42 bits per heavy atom. The molecule has 0 bridgehead atoms. The van der Waals surface area contributed by atoms with Gasteiger partial charge in [-0.15, -0.1) is 0 Å². The number of carbonyl (C=O) groups is 1. The lowest BCUT2D eigenvalue weighted by molar-refractivity contribution is 0.0478. The Hall–Kier alpha value is -2.49. The summed E-state index contributed by atoms with van der Waals surface area (Å²) >= 11 is 0. The van der Waals surface area contributed by atoms with Gasteiger partial charge in [0.05, 0.1) is 12.2 Å². The monoisotopic (exact) mass is 352 g/mol. The minimum atomic E-state index is -0.536. The third kappa shape index (κ3) is 3.16. The molecule has 4 heteroatoms. The number of hydrogen-bond acceptors (Lipinski definition) is 3. The zero-order chi connectivity index (χ0) is 18.6. The molecule has 0 saturated carbocycles. The number of hydrogen-bond donors (Lipinski definition) is 1. The number of ether oxygens (including phenoxy) is 1. The van der Waals surface area contributed by atoms with Gasteiger partial charge in [-0.2, -0.15) is 0 Å². The summed E-state index contributed by atoms with van der Waals surface area (Å²) < 4.78 is 5.58. The van der Waals surface area contributed by atoms with Crippen LogP contribution in [-0.2, 0) is 5.66 Å². The van der Waals surface area contributed by atoms with Crippen molar-refractivity contribution >= 4 is 11.6 Å². The molecule has 3 rings (SSSR count). The van der Waals surface area contributed by atoms with Gasteiger partial charge in [0, 0.05) is 12.2 Å². The second kappa shape index (κ2) is 7.81. The van der Waals surface area contributed by atoms with Crippen molar-refractivity contribution in [2.45, 2.75) is 45.7 Å². The van der Waals surface area contributed by atoms with Gasteiger partial charge in [0.15, 0.2) is 0 Å². The van der Waals surface area contributed by atoms with Crippen LogP contribution in [0.2, 0.25) is 0 Å². The standard InChI is InChI=1S/C22H28N2O2/c1-4-7-16-24-21(25)19-10-8-9-11-20(19)23-22(24,5-2)17-12-14-18(15-13-17)26-6-3/h8-15,23H,4-7,16H2,1-3H3. The number of nitrogens with zero attached hydrogens (tertiary/aromatic N) is 1. The highest BCUT2D eigenvalue weighted by atomic mass is 16.5. The number of carbonyl (C=O) groups excluding carboxylic acids is 1. The smallest absolute Gasteiger partial charge is 0.258 e. The molecule has 26 heavy (non-hydrogen) atoms. The van der Waals surface area contributed by atoms with Crippen molar-refractivity contribution < 1.29 is 9.53 Å². The van der Waals surface area contributed by atoms with Crippen LogP contribution in [0.3, 0.4) is 0 Å². The number of unbranched alkanes of at least 4 members (excludes halogenated alkanes) is 1. The highest BCUT2D eigenvalue weighted by Crippen LogP contribution is 2.40. The van der Waals surface area contributed by atoms with E-state index in [4.69, 9.17) is 4.74 Å². The molecule has 2 aromatic rings. The van der Waals surface area contributed by atoms with Gasteiger partial charge in [-0.25, -0.2) is 0 Å². The highest BCUT2D eigenvalue weighted by molar-refractivity contribution is 6.02. The first kappa shape index (κ1) is 18.3. The third-order valence-electron chi connectivity index (χ3n) is 5.09. The van der Waals surface area contributed by atoms with E-state index in [1.165, 1.54) is 0 Å². The second-order valence-electron chi connectivity index (χ2n) is 6.65. The summed E-state index contributed by atoms with van der Waals surface area (Å²) in [5.41, 5.74) is 2.20. The quantitative estimate of drug-likeness (QED) is 0.761. The summed E-state index contributed by atoms with van der Waals surface area (Å²) in [6.45, 7) is 7.64. The first-order valence-corrected chi connectivity index (χ1v) is 9.58. The average Bonchev–Trinajstić information content (AvgIpc) is 2.68. The summed E-state index contributed by atoms with van der Waals surface area (Å²) in [5.74, 6) is 0.952. The van der Waals surface area contributed by atoms with E-state index in [1.807, 2.05) is 48.2 Å². The second-order valence-corrected chi connectivity index (χ2v) is 6.65. The molecular formula is C22H28N2O2. The molecule has 0 aliphatic carbocycles. The molecule has 1 aliphatic heterocycles. The molecule has 1 unspecified atom stereocenters. The van der Waals surface area contributed by atoms with Gasteiger partial charge >= 0.3 is 0 Å². The summed E-state index contributed by atoms with van der Waals surface area (Å²) in [6, 6.07) is 15.9. The molecule has 0 spiro atoms. The minimum Gasteiger partial charge on any atom is -0.494 e. The molecule has 1 amide bonds. The number of anilines is 1. The predicted molar refractivity (Wildman–Crippen MR) is 106 cm³/mol. The van der Waals surface area contributed by atoms with Gasteiger partial charge in [-0.3, -0.25) is 4.79 Å². The number of fused-ring (bicyclic) bond motifs is 1. The van der Waals surface area contributed by atoms with Crippen LogP contribution in [0, 0.1) is 0 Å².